The molecule has 1 atom stereocenters. The number of aromatic carboxylic acids is 1. The minimum atomic E-state index is -3.06. The molecule has 1 fully saturated rings. The quantitative estimate of drug-likeness (QED) is 0.806. The Morgan fingerprint density at radius 1 is 1.56 bits per heavy atom. The number of carbonyl (C=O) groups is 1. The fraction of sp³-hybridized carbons (Fsp3) is 0.500. The number of rotatable bonds is 3. The number of sulfone groups is 1. The van der Waals surface area contributed by atoms with Crippen LogP contribution in [0.3, 0.4) is 0 Å². The average molecular weight is 271 g/mol. The van der Waals surface area contributed by atoms with Gasteiger partial charge in [0.2, 0.25) is 0 Å². The van der Waals surface area contributed by atoms with Crippen molar-refractivity contribution in [3.8, 4) is 0 Å². The molecule has 0 aliphatic carbocycles. The average Bonchev–Trinajstić information content (AvgIpc) is 2.53. The first-order chi connectivity index (χ1) is 8.31. The van der Waals surface area contributed by atoms with E-state index in [0.29, 0.717) is 6.42 Å². The van der Waals surface area contributed by atoms with E-state index < -0.39 is 21.3 Å². The minimum Gasteiger partial charge on any atom is -0.477 e. The lowest BCUT2D eigenvalue weighted by atomic mass is 10.0. The largest absolute Gasteiger partial charge is 0.477 e. The summed E-state index contributed by atoms with van der Waals surface area (Å²) in [6.45, 7) is 1.74. The summed E-state index contributed by atoms with van der Waals surface area (Å²) in [5.41, 5.74) is -0.750. The van der Waals surface area contributed by atoms with E-state index in [0.717, 1.165) is 0 Å². The highest BCUT2D eigenvalue weighted by atomic mass is 32.2. The molecule has 0 radical (unpaired) electrons. The predicted molar refractivity (Wildman–Crippen MR) is 64.3 cm³/mol. The minimum absolute atomic E-state index is 0.0247. The van der Waals surface area contributed by atoms with Gasteiger partial charge in [0.15, 0.2) is 9.84 Å². The molecule has 2 rings (SSSR count). The van der Waals surface area contributed by atoms with Crippen molar-refractivity contribution in [3.63, 3.8) is 0 Å². The van der Waals surface area contributed by atoms with Gasteiger partial charge in [0.25, 0.3) is 0 Å². The zero-order chi connectivity index (χ0) is 13.4. The normalized spacial score (nSPS) is 25.8. The third-order valence-corrected chi connectivity index (χ3v) is 4.77. The second-order valence-electron chi connectivity index (χ2n) is 4.62. The summed E-state index contributed by atoms with van der Waals surface area (Å²) in [5, 5.41) is 11.9. The standard InChI is InChI=1S/C10H13N3O4S/c1-10(2-3-18(16,17)5-10)13-8-7(9(14)15)4-11-6-12-8/h4,6H,2-3,5H2,1H3,(H,14,15)(H,11,12,13). The lowest BCUT2D eigenvalue weighted by Crippen LogP contribution is -2.37. The van der Waals surface area contributed by atoms with Crippen molar-refractivity contribution in [3.05, 3.63) is 18.1 Å². The van der Waals surface area contributed by atoms with Crippen LogP contribution in [0.25, 0.3) is 0 Å². The molecule has 0 saturated carbocycles. The summed E-state index contributed by atoms with van der Waals surface area (Å²) in [7, 11) is -3.06. The number of hydrogen-bond donors (Lipinski definition) is 2. The number of aromatic nitrogens is 2. The Hall–Kier alpha value is -1.70. The van der Waals surface area contributed by atoms with Crippen molar-refractivity contribution < 1.29 is 18.3 Å². The molecule has 18 heavy (non-hydrogen) atoms. The molecule has 0 aromatic carbocycles. The number of hydrogen-bond acceptors (Lipinski definition) is 6. The van der Waals surface area contributed by atoms with E-state index >= 15 is 0 Å². The number of carboxylic acids is 1. The summed E-state index contributed by atoms with van der Waals surface area (Å²) in [6, 6.07) is 0. The molecule has 0 amide bonds. The topological polar surface area (TPSA) is 109 Å². The molecule has 2 N–H and O–H groups in total. The van der Waals surface area contributed by atoms with Gasteiger partial charge in [-0.05, 0) is 13.3 Å². The Balaban J connectivity index is 2.28. The third-order valence-electron chi connectivity index (χ3n) is 2.87. The van der Waals surface area contributed by atoms with Crippen LogP contribution in [0.1, 0.15) is 23.7 Å². The maximum absolute atomic E-state index is 11.5. The fourth-order valence-corrected chi connectivity index (χ4v) is 4.07. The van der Waals surface area contributed by atoms with E-state index in [1.54, 1.807) is 6.92 Å². The van der Waals surface area contributed by atoms with Crippen LogP contribution in [0.15, 0.2) is 12.5 Å². The van der Waals surface area contributed by atoms with Gasteiger partial charge in [-0.2, -0.15) is 0 Å². The molecule has 1 aliphatic rings. The van der Waals surface area contributed by atoms with Gasteiger partial charge in [0.1, 0.15) is 17.7 Å². The van der Waals surface area contributed by atoms with E-state index in [2.05, 4.69) is 15.3 Å². The van der Waals surface area contributed by atoms with E-state index in [1.165, 1.54) is 12.5 Å². The Kier molecular flexibility index (Phi) is 2.97. The van der Waals surface area contributed by atoms with Crippen molar-refractivity contribution >= 4 is 21.6 Å². The van der Waals surface area contributed by atoms with Crippen LogP contribution < -0.4 is 5.32 Å². The summed E-state index contributed by atoms with van der Waals surface area (Å²) >= 11 is 0. The molecule has 1 aromatic rings. The van der Waals surface area contributed by atoms with Crippen molar-refractivity contribution in [2.45, 2.75) is 18.9 Å². The van der Waals surface area contributed by atoms with Crippen LogP contribution in [0.4, 0.5) is 5.82 Å². The van der Waals surface area contributed by atoms with E-state index in [9.17, 15) is 13.2 Å². The van der Waals surface area contributed by atoms with Crippen LogP contribution in [0.5, 0.6) is 0 Å². The Morgan fingerprint density at radius 3 is 2.83 bits per heavy atom. The van der Waals surface area contributed by atoms with Gasteiger partial charge in [-0.3, -0.25) is 0 Å². The first-order valence-electron chi connectivity index (χ1n) is 5.33. The summed E-state index contributed by atoms with van der Waals surface area (Å²) in [4.78, 5) is 18.5. The number of nitrogens with one attached hydrogen (secondary N) is 1. The van der Waals surface area contributed by atoms with Crippen LogP contribution in [-0.4, -0.2) is 46.5 Å². The van der Waals surface area contributed by atoms with Crippen molar-refractivity contribution in [1.82, 2.24) is 9.97 Å². The first-order valence-corrected chi connectivity index (χ1v) is 7.15. The molecule has 8 heteroatoms. The lowest BCUT2D eigenvalue weighted by molar-refractivity contribution is 0.0697. The monoisotopic (exact) mass is 271 g/mol. The molecule has 1 aromatic heterocycles. The van der Waals surface area contributed by atoms with Crippen LogP contribution in [0, 0.1) is 0 Å². The van der Waals surface area contributed by atoms with Crippen LogP contribution >= 0.6 is 0 Å². The highest BCUT2D eigenvalue weighted by Crippen LogP contribution is 2.27. The van der Waals surface area contributed by atoms with Crippen LogP contribution in [0.2, 0.25) is 0 Å². The molecule has 98 valence electrons. The molecule has 1 aliphatic heterocycles. The maximum Gasteiger partial charge on any atom is 0.341 e. The number of carboxylic acid groups (broad SMARTS) is 1. The third kappa shape index (κ3) is 2.58. The van der Waals surface area contributed by atoms with Gasteiger partial charge in [-0.1, -0.05) is 0 Å². The van der Waals surface area contributed by atoms with E-state index in [-0.39, 0.29) is 22.9 Å². The highest BCUT2D eigenvalue weighted by Gasteiger charge is 2.39. The van der Waals surface area contributed by atoms with Gasteiger partial charge in [-0.25, -0.2) is 23.2 Å². The van der Waals surface area contributed by atoms with Crippen molar-refractivity contribution in [1.29, 1.82) is 0 Å². The fourth-order valence-electron chi connectivity index (χ4n) is 1.98. The van der Waals surface area contributed by atoms with Crippen molar-refractivity contribution in [2.75, 3.05) is 16.8 Å². The molecular formula is C10H13N3O4S. The van der Waals surface area contributed by atoms with Gasteiger partial charge in [0, 0.05) is 6.20 Å². The number of nitrogens with zero attached hydrogens (tertiary/aromatic N) is 2. The molecule has 7 nitrogen and oxygen atoms in total. The van der Waals surface area contributed by atoms with Crippen LogP contribution in [-0.2, 0) is 9.84 Å². The SMILES string of the molecule is CC1(Nc2ncncc2C(=O)O)CCS(=O)(=O)C1. The van der Waals surface area contributed by atoms with Gasteiger partial charge < -0.3 is 10.4 Å². The van der Waals surface area contributed by atoms with E-state index in [1.807, 2.05) is 0 Å². The zero-order valence-corrected chi connectivity index (χ0v) is 10.6. The second-order valence-corrected chi connectivity index (χ2v) is 6.80. The Bertz CT molecular complexity index is 587. The molecule has 0 bridgehead atoms. The molecule has 1 saturated heterocycles. The van der Waals surface area contributed by atoms with Gasteiger partial charge in [-0.15, -0.1) is 0 Å². The summed E-state index contributed by atoms with van der Waals surface area (Å²) in [5.74, 6) is -0.924. The predicted octanol–water partition coefficient (Wildman–Crippen LogP) is 0.164. The summed E-state index contributed by atoms with van der Waals surface area (Å²) < 4.78 is 22.9. The first kappa shape index (κ1) is 12.7. The van der Waals surface area contributed by atoms with Crippen molar-refractivity contribution in [2.24, 2.45) is 0 Å². The molecule has 0 spiro atoms. The Labute approximate surface area is 104 Å². The van der Waals surface area contributed by atoms with Gasteiger partial charge in [0.05, 0.1) is 17.0 Å². The highest BCUT2D eigenvalue weighted by molar-refractivity contribution is 7.91. The second kappa shape index (κ2) is 4.20. The summed E-state index contributed by atoms with van der Waals surface area (Å²) in [6.07, 6.45) is 2.84. The maximum atomic E-state index is 11.5. The van der Waals surface area contributed by atoms with E-state index in [4.69, 9.17) is 5.11 Å². The number of anilines is 1. The molecule has 2 heterocycles. The zero-order valence-electron chi connectivity index (χ0n) is 9.75. The molecule has 1 unspecified atom stereocenters. The lowest BCUT2D eigenvalue weighted by Gasteiger charge is -2.25. The smallest absolute Gasteiger partial charge is 0.341 e. The Morgan fingerprint density at radius 2 is 2.28 bits per heavy atom. The molecular weight excluding hydrogens is 258 g/mol. The van der Waals surface area contributed by atoms with Gasteiger partial charge >= 0.3 is 5.97 Å².